The summed E-state index contributed by atoms with van der Waals surface area (Å²) in [7, 11) is 0. The fraction of sp³-hybridized carbons (Fsp3) is 0.286. The summed E-state index contributed by atoms with van der Waals surface area (Å²) >= 11 is 1.68. The molecule has 0 fully saturated rings. The number of thioether (sulfide) groups is 1. The molecular weight excluding hydrogens is 256 g/mol. The molecule has 0 aliphatic carbocycles. The molecule has 1 heterocycles. The lowest BCUT2D eigenvalue weighted by Gasteiger charge is -2.09. The van der Waals surface area contributed by atoms with Crippen molar-refractivity contribution in [1.29, 1.82) is 5.26 Å². The molecule has 0 aliphatic heterocycles. The van der Waals surface area contributed by atoms with Gasteiger partial charge >= 0.3 is 0 Å². The van der Waals surface area contributed by atoms with Crippen LogP contribution in [0.25, 0.3) is 0 Å². The fourth-order valence-electron chi connectivity index (χ4n) is 1.78. The Labute approximate surface area is 117 Å². The van der Waals surface area contributed by atoms with Crippen molar-refractivity contribution in [2.75, 3.05) is 11.1 Å². The van der Waals surface area contributed by atoms with Crippen LogP contribution in [0.4, 0.5) is 11.4 Å². The van der Waals surface area contributed by atoms with Gasteiger partial charge in [0, 0.05) is 17.6 Å². The first-order valence-electron chi connectivity index (χ1n) is 6.23. The number of anilines is 2. The van der Waals surface area contributed by atoms with Crippen LogP contribution in [-0.4, -0.2) is 15.5 Å². The third-order valence-electron chi connectivity index (χ3n) is 2.67. The van der Waals surface area contributed by atoms with Crippen molar-refractivity contribution in [3.63, 3.8) is 0 Å². The maximum atomic E-state index is 9.33. The van der Waals surface area contributed by atoms with Gasteiger partial charge in [-0.05, 0) is 24.8 Å². The van der Waals surface area contributed by atoms with E-state index in [4.69, 9.17) is 0 Å². The predicted octanol–water partition coefficient (Wildman–Crippen LogP) is 3.63. The van der Waals surface area contributed by atoms with Crippen molar-refractivity contribution in [3.8, 4) is 6.07 Å². The average molecular weight is 272 g/mol. The van der Waals surface area contributed by atoms with Gasteiger partial charge in [-0.25, -0.2) is 0 Å². The van der Waals surface area contributed by atoms with Crippen molar-refractivity contribution in [2.45, 2.75) is 25.3 Å². The Morgan fingerprint density at radius 2 is 2.26 bits per heavy atom. The molecule has 19 heavy (non-hydrogen) atoms. The highest BCUT2D eigenvalue weighted by atomic mass is 32.2. The van der Waals surface area contributed by atoms with E-state index in [1.807, 2.05) is 36.0 Å². The number of nitriles is 1. The first kappa shape index (κ1) is 13.5. The van der Waals surface area contributed by atoms with E-state index >= 15 is 0 Å². The highest BCUT2D eigenvalue weighted by molar-refractivity contribution is 7.99. The molecule has 0 saturated heterocycles. The standard InChI is InChI=1S/C14H16N4S/c1-3-18-10-11(9-16-18)17-13-6-5-7-14(19-4-2)12(13)8-15/h5-7,9-10,17H,3-4H2,1-2H3. The Morgan fingerprint density at radius 1 is 1.42 bits per heavy atom. The third kappa shape index (κ3) is 3.09. The quantitative estimate of drug-likeness (QED) is 0.844. The minimum absolute atomic E-state index is 0.693. The summed E-state index contributed by atoms with van der Waals surface area (Å²) in [6.07, 6.45) is 3.70. The zero-order chi connectivity index (χ0) is 13.7. The van der Waals surface area contributed by atoms with E-state index in [9.17, 15) is 5.26 Å². The number of hydrogen-bond donors (Lipinski definition) is 1. The van der Waals surface area contributed by atoms with Gasteiger partial charge in [-0.2, -0.15) is 10.4 Å². The minimum atomic E-state index is 0.693. The molecule has 0 unspecified atom stereocenters. The lowest BCUT2D eigenvalue weighted by Crippen LogP contribution is -1.95. The summed E-state index contributed by atoms with van der Waals surface area (Å²) in [6.45, 7) is 4.95. The van der Waals surface area contributed by atoms with Crippen LogP contribution < -0.4 is 5.32 Å². The van der Waals surface area contributed by atoms with Gasteiger partial charge in [-0.3, -0.25) is 4.68 Å². The van der Waals surface area contributed by atoms with Gasteiger partial charge in [0.2, 0.25) is 0 Å². The molecule has 1 aromatic carbocycles. The minimum Gasteiger partial charge on any atom is -0.352 e. The average Bonchev–Trinajstić information content (AvgIpc) is 2.87. The van der Waals surface area contributed by atoms with E-state index in [0.29, 0.717) is 5.56 Å². The highest BCUT2D eigenvalue weighted by Gasteiger charge is 2.08. The van der Waals surface area contributed by atoms with Crippen molar-refractivity contribution in [2.24, 2.45) is 0 Å². The summed E-state index contributed by atoms with van der Waals surface area (Å²) in [5, 5.41) is 16.8. The molecule has 0 amide bonds. The Hall–Kier alpha value is -1.93. The molecule has 4 nitrogen and oxygen atoms in total. The topological polar surface area (TPSA) is 53.6 Å². The van der Waals surface area contributed by atoms with Crippen molar-refractivity contribution < 1.29 is 0 Å². The summed E-state index contributed by atoms with van der Waals surface area (Å²) in [6, 6.07) is 8.14. The second-order valence-corrected chi connectivity index (χ2v) is 5.24. The number of nitrogens with zero attached hydrogens (tertiary/aromatic N) is 3. The van der Waals surface area contributed by atoms with E-state index < -0.39 is 0 Å². The van der Waals surface area contributed by atoms with E-state index in [0.717, 1.165) is 28.6 Å². The van der Waals surface area contributed by atoms with Gasteiger partial charge in [-0.15, -0.1) is 11.8 Å². The number of aryl methyl sites for hydroxylation is 1. The Kier molecular flexibility index (Phi) is 4.48. The van der Waals surface area contributed by atoms with Crippen LogP contribution in [0, 0.1) is 11.3 Å². The van der Waals surface area contributed by atoms with Crippen molar-refractivity contribution >= 4 is 23.1 Å². The van der Waals surface area contributed by atoms with Crippen LogP contribution in [0.3, 0.4) is 0 Å². The van der Waals surface area contributed by atoms with E-state index in [1.165, 1.54) is 0 Å². The Balaban J connectivity index is 2.29. The third-order valence-corrected chi connectivity index (χ3v) is 3.61. The Bertz CT molecular complexity index is 598. The zero-order valence-corrected chi connectivity index (χ0v) is 11.9. The highest BCUT2D eigenvalue weighted by Crippen LogP contribution is 2.29. The van der Waals surface area contributed by atoms with Crippen LogP contribution in [0.5, 0.6) is 0 Å². The second-order valence-electron chi connectivity index (χ2n) is 3.93. The summed E-state index contributed by atoms with van der Waals surface area (Å²) in [5.41, 5.74) is 2.42. The molecule has 0 atom stereocenters. The van der Waals surface area contributed by atoms with E-state index in [2.05, 4.69) is 23.4 Å². The molecule has 0 bridgehead atoms. The molecule has 98 valence electrons. The maximum Gasteiger partial charge on any atom is 0.103 e. The number of aromatic nitrogens is 2. The van der Waals surface area contributed by atoms with E-state index in [1.54, 1.807) is 18.0 Å². The molecule has 5 heteroatoms. The number of nitrogens with one attached hydrogen (secondary N) is 1. The van der Waals surface area contributed by atoms with Gasteiger partial charge < -0.3 is 5.32 Å². The molecule has 2 rings (SSSR count). The van der Waals surface area contributed by atoms with Crippen LogP contribution in [0.1, 0.15) is 19.4 Å². The maximum absolute atomic E-state index is 9.33. The first-order chi connectivity index (χ1) is 9.28. The second kappa shape index (κ2) is 6.30. The monoisotopic (exact) mass is 272 g/mol. The summed E-state index contributed by atoms with van der Waals surface area (Å²) in [5.74, 6) is 0.950. The van der Waals surface area contributed by atoms with Gasteiger partial charge in [0.1, 0.15) is 6.07 Å². The van der Waals surface area contributed by atoms with Crippen molar-refractivity contribution in [3.05, 3.63) is 36.2 Å². The van der Waals surface area contributed by atoms with Gasteiger partial charge in [0.05, 0.1) is 23.1 Å². The van der Waals surface area contributed by atoms with E-state index in [-0.39, 0.29) is 0 Å². The normalized spacial score (nSPS) is 10.2. The SMILES string of the molecule is CCSc1cccc(Nc2cnn(CC)c2)c1C#N. The number of benzene rings is 1. The Morgan fingerprint density at radius 3 is 2.89 bits per heavy atom. The largest absolute Gasteiger partial charge is 0.352 e. The zero-order valence-electron chi connectivity index (χ0n) is 11.1. The van der Waals surface area contributed by atoms with Gasteiger partial charge in [0.15, 0.2) is 0 Å². The van der Waals surface area contributed by atoms with Gasteiger partial charge in [-0.1, -0.05) is 13.0 Å². The molecule has 0 saturated carbocycles. The van der Waals surface area contributed by atoms with Crippen LogP contribution in [0.2, 0.25) is 0 Å². The molecule has 2 aromatic rings. The summed E-state index contributed by atoms with van der Waals surface area (Å²) < 4.78 is 1.85. The fourth-order valence-corrected chi connectivity index (χ4v) is 2.57. The molecule has 1 N–H and O–H groups in total. The van der Waals surface area contributed by atoms with Crippen LogP contribution >= 0.6 is 11.8 Å². The lowest BCUT2D eigenvalue weighted by atomic mass is 10.2. The molecular formula is C14H16N4S. The van der Waals surface area contributed by atoms with Crippen LogP contribution in [-0.2, 0) is 6.54 Å². The molecule has 1 aromatic heterocycles. The first-order valence-corrected chi connectivity index (χ1v) is 7.22. The molecule has 0 aliphatic rings. The van der Waals surface area contributed by atoms with Crippen LogP contribution in [0.15, 0.2) is 35.5 Å². The number of rotatable bonds is 5. The number of hydrogen-bond acceptors (Lipinski definition) is 4. The van der Waals surface area contributed by atoms with Gasteiger partial charge in [0.25, 0.3) is 0 Å². The predicted molar refractivity (Wildman–Crippen MR) is 78.7 cm³/mol. The smallest absolute Gasteiger partial charge is 0.103 e. The summed E-state index contributed by atoms with van der Waals surface area (Å²) in [4.78, 5) is 1.01. The molecule has 0 spiro atoms. The lowest BCUT2D eigenvalue weighted by molar-refractivity contribution is 0.660. The van der Waals surface area contributed by atoms with Crippen molar-refractivity contribution in [1.82, 2.24) is 9.78 Å². The molecule has 0 radical (unpaired) electrons.